The number of nitrogens with two attached hydrogens (primary N) is 1. The number of nitrogens with zero attached hydrogens (tertiary/aromatic N) is 6. The molecule has 2 saturated heterocycles. The molecule has 0 spiro atoms. The van der Waals surface area contributed by atoms with E-state index in [2.05, 4.69) is 20.9 Å². The molecule has 2 aliphatic rings. The molecule has 1 unspecified atom stereocenters. The van der Waals surface area contributed by atoms with Gasteiger partial charge in [-0.3, -0.25) is 4.90 Å². The molecule has 32 heavy (non-hydrogen) atoms. The van der Waals surface area contributed by atoms with E-state index in [0.717, 1.165) is 67.4 Å². The Morgan fingerprint density at radius 2 is 1.91 bits per heavy atom. The summed E-state index contributed by atoms with van der Waals surface area (Å²) in [6.45, 7) is 7.39. The molecule has 2 aliphatic heterocycles. The number of aromatic nitrogens is 3. The van der Waals surface area contributed by atoms with Gasteiger partial charge >= 0.3 is 0 Å². The van der Waals surface area contributed by atoms with Gasteiger partial charge in [0.2, 0.25) is 0 Å². The second-order valence-corrected chi connectivity index (χ2v) is 10.5. The first-order valence-corrected chi connectivity index (χ1v) is 13.1. The van der Waals surface area contributed by atoms with Crippen LogP contribution in [0.4, 0.5) is 11.6 Å². The molecule has 5 heterocycles. The van der Waals surface area contributed by atoms with Gasteiger partial charge in [-0.1, -0.05) is 0 Å². The number of anilines is 2. The first kappa shape index (κ1) is 21.7. The third kappa shape index (κ3) is 4.62. The number of pyridine rings is 1. The number of fused-ring (bicyclic) bond motifs is 1. The molecule has 11 heteroatoms. The van der Waals surface area contributed by atoms with E-state index in [1.54, 1.807) is 29.9 Å². The van der Waals surface area contributed by atoms with Crippen molar-refractivity contribution in [2.24, 2.45) is 0 Å². The lowest BCUT2D eigenvalue weighted by Crippen LogP contribution is -2.46. The van der Waals surface area contributed by atoms with E-state index < -0.39 is 11.0 Å². The van der Waals surface area contributed by atoms with Gasteiger partial charge in [-0.2, -0.15) is 0 Å². The summed E-state index contributed by atoms with van der Waals surface area (Å²) in [5, 5.41) is 0. The molecule has 170 valence electrons. The zero-order valence-electron chi connectivity index (χ0n) is 18.1. The van der Waals surface area contributed by atoms with E-state index in [9.17, 15) is 4.21 Å². The summed E-state index contributed by atoms with van der Waals surface area (Å²) >= 11 is 1.77. The van der Waals surface area contributed by atoms with Crippen molar-refractivity contribution in [1.82, 2.24) is 24.2 Å². The lowest BCUT2D eigenvalue weighted by Gasteiger charge is -2.32. The predicted molar refractivity (Wildman–Crippen MR) is 129 cm³/mol. The third-order valence-electron chi connectivity index (χ3n) is 5.83. The lowest BCUT2D eigenvalue weighted by atomic mass is 10.2. The van der Waals surface area contributed by atoms with Crippen LogP contribution >= 0.6 is 11.3 Å². The Kier molecular flexibility index (Phi) is 6.33. The highest BCUT2D eigenvalue weighted by Crippen LogP contribution is 2.35. The molecule has 9 nitrogen and oxygen atoms in total. The summed E-state index contributed by atoms with van der Waals surface area (Å²) in [5.41, 5.74) is 7.58. The molecule has 0 aromatic carbocycles. The number of nitrogen functional groups attached to an aromatic ring is 1. The van der Waals surface area contributed by atoms with Crippen LogP contribution < -0.4 is 10.6 Å². The van der Waals surface area contributed by atoms with E-state index in [1.807, 2.05) is 10.4 Å². The van der Waals surface area contributed by atoms with Gasteiger partial charge < -0.3 is 15.4 Å². The molecule has 0 radical (unpaired) electrons. The number of thiophene rings is 1. The van der Waals surface area contributed by atoms with E-state index in [-0.39, 0.29) is 0 Å². The Bertz CT molecular complexity index is 1110. The van der Waals surface area contributed by atoms with Crippen LogP contribution in [-0.4, -0.2) is 87.1 Å². The first-order chi connectivity index (χ1) is 15.6. The molecule has 0 amide bonds. The van der Waals surface area contributed by atoms with Gasteiger partial charge in [-0.15, -0.1) is 11.3 Å². The molecule has 3 aromatic heterocycles. The van der Waals surface area contributed by atoms with Gasteiger partial charge in [0.1, 0.15) is 5.82 Å². The molecule has 1 atom stereocenters. The summed E-state index contributed by atoms with van der Waals surface area (Å²) in [7, 11) is -0.892. The quantitative estimate of drug-likeness (QED) is 0.596. The lowest BCUT2D eigenvalue weighted by molar-refractivity contribution is 0.122. The Labute approximate surface area is 193 Å². The maximum Gasteiger partial charge on any atom is 0.163 e. The second kappa shape index (κ2) is 9.36. The minimum Gasteiger partial charge on any atom is -0.384 e. The van der Waals surface area contributed by atoms with Gasteiger partial charge in [0, 0.05) is 68.7 Å². The van der Waals surface area contributed by atoms with Gasteiger partial charge in [-0.25, -0.2) is 23.5 Å². The standard InChI is InChI=1S/C21H27N7O2S2/c1-32(29)28-6-4-26(5-7-28)14-16-12-17-19(31-16)21(27-8-10-30-11-9-27)25-20(24-17)15-2-3-18(22)23-13-15/h2-3,12-13H,4-11,14H2,1H3,(H2,22,23). The molecular weight excluding hydrogens is 446 g/mol. The second-order valence-electron chi connectivity index (χ2n) is 8.00. The highest BCUT2D eigenvalue weighted by molar-refractivity contribution is 7.81. The Morgan fingerprint density at radius 3 is 2.59 bits per heavy atom. The molecular formula is C21H27N7O2S2. The van der Waals surface area contributed by atoms with Crippen LogP contribution in [0.15, 0.2) is 24.4 Å². The van der Waals surface area contributed by atoms with Crippen molar-refractivity contribution in [3.63, 3.8) is 0 Å². The zero-order valence-corrected chi connectivity index (χ0v) is 19.7. The number of morpholine rings is 1. The average molecular weight is 474 g/mol. The van der Waals surface area contributed by atoms with Crippen molar-refractivity contribution in [2.45, 2.75) is 6.54 Å². The van der Waals surface area contributed by atoms with Crippen molar-refractivity contribution >= 4 is 44.2 Å². The van der Waals surface area contributed by atoms with Crippen molar-refractivity contribution in [2.75, 3.05) is 69.4 Å². The molecule has 0 bridgehead atoms. The fourth-order valence-electron chi connectivity index (χ4n) is 4.06. The van der Waals surface area contributed by atoms with E-state index >= 15 is 0 Å². The molecule has 5 rings (SSSR count). The summed E-state index contributed by atoms with van der Waals surface area (Å²) in [5.74, 6) is 2.11. The van der Waals surface area contributed by atoms with Crippen LogP contribution in [-0.2, 0) is 22.3 Å². The Balaban J connectivity index is 1.46. The van der Waals surface area contributed by atoms with Crippen LogP contribution in [0.1, 0.15) is 4.88 Å². The number of hydrogen-bond donors (Lipinski definition) is 1. The minimum absolute atomic E-state index is 0.480. The SMILES string of the molecule is CS(=O)N1CCN(Cc2cc3nc(-c4ccc(N)nc4)nc(N4CCOCC4)c3s2)CC1. The number of piperazine rings is 1. The Morgan fingerprint density at radius 1 is 1.12 bits per heavy atom. The largest absolute Gasteiger partial charge is 0.384 e. The summed E-state index contributed by atoms with van der Waals surface area (Å²) in [4.78, 5) is 20.0. The third-order valence-corrected chi connectivity index (χ3v) is 8.03. The fourth-order valence-corrected chi connectivity index (χ4v) is 5.90. The minimum atomic E-state index is -0.892. The highest BCUT2D eigenvalue weighted by Gasteiger charge is 2.23. The van der Waals surface area contributed by atoms with Crippen LogP contribution in [0.2, 0.25) is 0 Å². The zero-order chi connectivity index (χ0) is 22.1. The van der Waals surface area contributed by atoms with Crippen LogP contribution in [0.25, 0.3) is 21.6 Å². The predicted octanol–water partition coefficient (Wildman–Crippen LogP) is 1.58. The summed E-state index contributed by atoms with van der Waals surface area (Å²) in [6.07, 6.45) is 3.48. The molecule has 0 aliphatic carbocycles. The van der Waals surface area contributed by atoms with Crippen molar-refractivity contribution in [3.8, 4) is 11.4 Å². The van der Waals surface area contributed by atoms with Crippen molar-refractivity contribution in [3.05, 3.63) is 29.3 Å². The molecule has 0 saturated carbocycles. The highest BCUT2D eigenvalue weighted by atomic mass is 32.2. The van der Waals surface area contributed by atoms with Gasteiger partial charge in [0.15, 0.2) is 11.6 Å². The molecule has 2 fully saturated rings. The van der Waals surface area contributed by atoms with Gasteiger partial charge in [-0.05, 0) is 18.2 Å². The normalized spacial score (nSPS) is 19.5. The maximum absolute atomic E-state index is 11.7. The maximum atomic E-state index is 11.7. The van der Waals surface area contributed by atoms with E-state index in [0.29, 0.717) is 24.9 Å². The number of rotatable bonds is 5. The fraction of sp³-hybridized carbons (Fsp3) is 0.476. The number of ether oxygens (including phenoxy) is 1. The molecule has 3 aromatic rings. The summed E-state index contributed by atoms with van der Waals surface area (Å²) < 4.78 is 20.4. The van der Waals surface area contributed by atoms with Gasteiger partial charge in [0.25, 0.3) is 0 Å². The van der Waals surface area contributed by atoms with Crippen molar-refractivity contribution < 1.29 is 8.95 Å². The topological polar surface area (TPSA) is 101 Å². The monoisotopic (exact) mass is 473 g/mol. The smallest absolute Gasteiger partial charge is 0.163 e. The van der Waals surface area contributed by atoms with Crippen LogP contribution in [0, 0.1) is 0 Å². The number of hydrogen-bond acceptors (Lipinski definition) is 9. The molecule has 2 N–H and O–H groups in total. The van der Waals surface area contributed by atoms with Crippen LogP contribution in [0.5, 0.6) is 0 Å². The summed E-state index contributed by atoms with van der Waals surface area (Å²) in [6, 6.07) is 5.88. The average Bonchev–Trinajstić information content (AvgIpc) is 3.22. The van der Waals surface area contributed by atoms with Gasteiger partial charge in [0.05, 0.1) is 34.4 Å². The van der Waals surface area contributed by atoms with Crippen molar-refractivity contribution in [1.29, 1.82) is 0 Å². The first-order valence-electron chi connectivity index (χ1n) is 10.7. The Hall–Kier alpha value is -2.18. The van der Waals surface area contributed by atoms with E-state index in [1.165, 1.54) is 4.88 Å². The van der Waals surface area contributed by atoms with E-state index in [4.69, 9.17) is 20.4 Å². The van der Waals surface area contributed by atoms with Crippen LogP contribution in [0.3, 0.4) is 0 Å².